The summed E-state index contributed by atoms with van der Waals surface area (Å²) in [7, 11) is 1.87. The molecule has 0 saturated carbocycles. The molecule has 5 nitrogen and oxygen atoms in total. The number of carbonyl (C=O) groups is 1. The van der Waals surface area contributed by atoms with Gasteiger partial charge in [0.05, 0.1) is 17.1 Å². The summed E-state index contributed by atoms with van der Waals surface area (Å²) in [5.74, 6) is 0.961. The number of amides is 1. The molecule has 0 radical (unpaired) electrons. The first-order valence-electron chi connectivity index (χ1n) is 7.88. The van der Waals surface area contributed by atoms with Gasteiger partial charge in [-0.15, -0.1) is 0 Å². The van der Waals surface area contributed by atoms with Crippen LogP contribution in [0.15, 0.2) is 30.3 Å². The van der Waals surface area contributed by atoms with Gasteiger partial charge in [0.15, 0.2) is 0 Å². The summed E-state index contributed by atoms with van der Waals surface area (Å²) in [6.45, 7) is 3.30. The van der Waals surface area contributed by atoms with Crippen molar-refractivity contribution < 1.29 is 4.79 Å². The fraction of sp³-hybridized carbons (Fsp3) is 0.389. The van der Waals surface area contributed by atoms with Crippen molar-refractivity contribution in [3.63, 3.8) is 0 Å². The summed E-state index contributed by atoms with van der Waals surface area (Å²) < 4.78 is 0. The van der Waals surface area contributed by atoms with Gasteiger partial charge in [-0.25, -0.2) is 4.98 Å². The van der Waals surface area contributed by atoms with Gasteiger partial charge >= 0.3 is 0 Å². The number of nitrogens with zero attached hydrogens (tertiary/aromatic N) is 4. The molecule has 0 atom stereocenters. The van der Waals surface area contributed by atoms with Crippen molar-refractivity contribution in [1.82, 2.24) is 9.88 Å². The molecule has 3 rings (SSSR count). The third-order valence-corrected chi connectivity index (χ3v) is 4.66. The first-order chi connectivity index (χ1) is 11.1. The van der Waals surface area contributed by atoms with Crippen LogP contribution in [0.3, 0.4) is 0 Å². The highest BCUT2D eigenvalue weighted by Crippen LogP contribution is 2.25. The summed E-state index contributed by atoms with van der Waals surface area (Å²) in [5, 5.41) is 10.3. The maximum absolute atomic E-state index is 11.5. The zero-order valence-electron chi connectivity index (χ0n) is 13.5. The van der Waals surface area contributed by atoms with Crippen LogP contribution in [0.25, 0.3) is 10.9 Å². The quantitative estimate of drug-likeness (QED) is 0.855. The van der Waals surface area contributed by atoms with Crippen LogP contribution in [0.4, 0.5) is 5.82 Å². The van der Waals surface area contributed by atoms with Gasteiger partial charge in [0.1, 0.15) is 5.82 Å². The van der Waals surface area contributed by atoms with Gasteiger partial charge in [-0.2, -0.15) is 5.26 Å². The van der Waals surface area contributed by atoms with E-state index >= 15 is 0 Å². The zero-order chi connectivity index (χ0) is 16.4. The van der Waals surface area contributed by atoms with Crippen LogP contribution in [0.2, 0.25) is 0 Å². The maximum Gasteiger partial charge on any atom is 0.219 e. The van der Waals surface area contributed by atoms with Crippen LogP contribution in [0, 0.1) is 11.3 Å². The van der Waals surface area contributed by atoms with Gasteiger partial charge < -0.3 is 9.80 Å². The summed E-state index contributed by atoms with van der Waals surface area (Å²) in [4.78, 5) is 20.2. The van der Waals surface area contributed by atoms with Crippen LogP contribution in [0.5, 0.6) is 0 Å². The van der Waals surface area contributed by atoms with Crippen molar-refractivity contribution in [1.29, 1.82) is 5.26 Å². The highest BCUT2D eigenvalue weighted by atomic mass is 16.2. The Morgan fingerprint density at radius 1 is 1.35 bits per heavy atom. The topological polar surface area (TPSA) is 60.2 Å². The van der Waals surface area contributed by atoms with Gasteiger partial charge in [0, 0.05) is 38.5 Å². The first kappa shape index (κ1) is 15.3. The van der Waals surface area contributed by atoms with Crippen molar-refractivity contribution in [3.8, 4) is 6.07 Å². The first-order valence-corrected chi connectivity index (χ1v) is 7.88. The molecule has 0 spiro atoms. The molecule has 118 valence electrons. The lowest BCUT2D eigenvalue weighted by atomic mass is 10.0. The number of carbonyl (C=O) groups excluding carboxylic acids is 1. The average Bonchev–Trinajstić information content (AvgIpc) is 2.60. The number of hydrogen-bond acceptors (Lipinski definition) is 4. The molecule has 0 aliphatic carbocycles. The number of nitriles is 1. The number of pyridine rings is 1. The smallest absolute Gasteiger partial charge is 0.219 e. The molecule has 0 N–H and O–H groups in total. The van der Waals surface area contributed by atoms with E-state index in [9.17, 15) is 10.1 Å². The van der Waals surface area contributed by atoms with Crippen molar-refractivity contribution >= 4 is 22.6 Å². The lowest BCUT2D eigenvalue weighted by Crippen LogP contribution is -2.45. The van der Waals surface area contributed by atoms with Crippen LogP contribution in [-0.4, -0.2) is 42.0 Å². The monoisotopic (exact) mass is 308 g/mol. The molecule has 1 aromatic heterocycles. The molecule has 0 unspecified atom stereocenters. The van der Waals surface area contributed by atoms with Crippen molar-refractivity contribution in [2.45, 2.75) is 25.8 Å². The van der Waals surface area contributed by atoms with E-state index in [2.05, 4.69) is 11.0 Å². The van der Waals surface area contributed by atoms with E-state index < -0.39 is 0 Å². The Kier molecular flexibility index (Phi) is 4.16. The SMILES string of the molecule is CC(=O)N(C)C1CCN(c2cc(C#N)c3ccccc3n2)CC1. The van der Waals surface area contributed by atoms with Crippen molar-refractivity contribution in [2.75, 3.05) is 25.0 Å². The predicted octanol–water partition coefficient (Wildman–Crippen LogP) is 2.55. The molecule has 0 bridgehead atoms. The molecule has 1 aliphatic heterocycles. The lowest BCUT2D eigenvalue weighted by molar-refractivity contribution is -0.129. The minimum atomic E-state index is 0.110. The second-order valence-corrected chi connectivity index (χ2v) is 6.01. The minimum Gasteiger partial charge on any atom is -0.356 e. The van der Waals surface area contributed by atoms with Gasteiger partial charge in [0.25, 0.3) is 0 Å². The molecule has 1 fully saturated rings. The molecule has 2 aromatic rings. The molecule has 23 heavy (non-hydrogen) atoms. The third kappa shape index (κ3) is 2.98. The summed E-state index contributed by atoms with van der Waals surface area (Å²) >= 11 is 0. The average molecular weight is 308 g/mol. The van der Waals surface area contributed by atoms with Crippen molar-refractivity contribution in [3.05, 3.63) is 35.9 Å². The van der Waals surface area contributed by atoms with E-state index in [0.717, 1.165) is 42.7 Å². The number of rotatable bonds is 2. The number of aromatic nitrogens is 1. The second kappa shape index (κ2) is 6.25. The molecule has 1 aromatic carbocycles. The van der Waals surface area contributed by atoms with E-state index in [4.69, 9.17) is 4.98 Å². The number of piperidine rings is 1. The Morgan fingerprint density at radius 3 is 2.70 bits per heavy atom. The van der Waals surface area contributed by atoms with Crippen molar-refractivity contribution in [2.24, 2.45) is 0 Å². The molecule has 1 saturated heterocycles. The molecule has 1 aliphatic rings. The van der Waals surface area contributed by atoms with Gasteiger partial charge in [-0.3, -0.25) is 4.79 Å². The van der Waals surface area contributed by atoms with Crippen LogP contribution in [0.1, 0.15) is 25.3 Å². The molecule has 1 amide bonds. The molecular formula is C18H20N4O. The highest BCUT2D eigenvalue weighted by Gasteiger charge is 2.24. The van der Waals surface area contributed by atoms with E-state index in [-0.39, 0.29) is 5.91 Å². The van der Waals surface area contributed by atoms with E-state index in [1.54, 1.807) is 6.92 Å². The summed E-state index contributed by atoms with van der Waals surface area (Å²) in [6, 6.07) is 12.2. The fourth-order valence-electron chi connectivity index (χ4n) is 3.16. The highest BCUT2D eigenvalue weighted by molar-refractivity contribution is 5.86. The van der Waals surface area contributed by atoms with E-state index in [0.29, 0.717) is 11.6 Å². The Bertz CT molecular complexity index is 772. The summed E-state index contributed by atoms with van der Waals surface area (Å²) in [5.41, 5.74) is 1.51. The lowest BCUT2D eigenvalue weighted by Gasteiger charge is -2.37. The Balaban J connectivity index is 1.83. The second-order valence-electron chi connectivity index (χ2n) is 6.01. The zero-order valence-corrected chi connectivity index (χ0v) is 13.5. The standard InChI is InChI=1S/C18H20N4O/c1-13(23)21(2)15-7-9-22(10-8-15)18-11-14(12-19)16-5-3-4-6-17(16)20-18/h3-6,11,15H,7-10H2,1-2H3. The van der Waals surface area contributed by atoms with Crippen LogP contribution in [-0.2, 0) is 4.79 Å². The summed E-state index contributed by atoms with van der Waals surface area (Å²) in [6.07, 6.45) is 1.85. The number of para-hydroxylation sites is 1. The predicted molar refractivity (Wildman–Crippen MR) is 90.1 cm³/mol. The Morgan fingerprint density at radius 2 is 2.04 bits per heavy atom. The van der Waals surface area contributed by atoms with Gasteiger partial charge in [-0.1, -0.05) is 18.2 Å². The normalized spacial score (nSPS) is 15.4. The Labute approximate surface area is 136 Å². The van der Waals surface area contributed by atoms with Crippen LogP contribution >= 0.6 is 0 Å². The molecular weight excluding hydrogens is 288 g/mol. The van der Waals surface area contributed by atoms with Gasteiger partial charge in [0.2, 0.25) is 5.91 Å². The maximum atomic E-state index is 11.5. The van der Waals surface area contributed by atoms with E-state index in [1.165, 1.54) is 0 Å². The largest absolute Gasteiger partial charge is 0.356 e. The third-order valence-electron chi connectivity index (χ3n) is 4.66. The van der Waals surface area contributed by atoms with Gasteiger partial charge in [-0.05, 0) is 25.0 Å². The number of benzene rings is 1. The van der Waals surface area contributed by atoms with Crippen LogP contribution < -0.4 is 4.90 Å². The number of anilines is 1. The number of fused-ring (bicyclic) bond motifs is 1. The minimum absolute atomic E-state index is 0.110. The van der Waals surface area contributed by atoms with E-state index in [1.807, 2.05) is 42.3 Å². The fourth-order valence-corrected chi connectivity index (χ4v) is 3.16. The Hall–Kier alpha value is -2.61. The number of hydrogen-bond donors (Lipinski definition) is 0. The molecule has 5 heteroatoms. The molecule has 2 heterocycles.